The van der Waals surface area contributed by atoms with E-state index in [-0.39, 0.29) is 776 Å². The molecule has 0 spiro atoms. The molecule has 5 atom stereocenters. The molecule has 0 N–H and O–H groups in total. The molecule has 5 unspecified atom stereocenters. The third-order valence-corrected chi connectivity index (χ3v) is 19.2. The van der Waals surface area contributed by atoms with Gasteiger partial charge in [-0.1, -0.05) is 20.1 Å². The van der Waals surface area contributed by atoms with Crippen LogP contribution in [0.25, 0.3) is 0 Å². The Morgan fingerprint density at radius 2 is 0.667 bits per heavy atom. The molecule has 234 valence electrons. The predicted octanol–water partition coefficient (Wildman–Crippen LogP) is 6.19. The van der Waals surface area contributed by atoms with E-state index in [9.17, 15) is 0 Å². The molecule has 0 heterocycles. The summed E-state index contributed by atoms with van der Waals surface area (Å²) in [5.74, 6) is 4.07. The fourth-order valence-electron chi connectivity index (χ4n) is 1.69. The Balaban J connectivity index is -0.00000000404. The van der Waals surface area contributed by atoms with E-state index in [4.69, 9.17) is 0 Å². The molecule has 20 radical (unpaired) electrons. The Morgan fingerprint density at radius 3 is 0.771 bits per heavy atom. The van der Waals surface area contributed by atoms with Crippen molar-refractivity contribution in [1.82, 2.24) is 0 Å². The van der Waals surface area contributed by atoms with Gasteiger partial charge in [0.05, 0.1) is 0 Å². The van der Waals surface area contributed by atoms with Crippen molar-refractivity contribution < 1.29 is 738 Å². The second-order valence-corrected chi connectivity index (χ2v) is 22.7. The van der Waals surface area contributed by atoms with Gasteiger partial charge in [0.15, 0.2) is 0 Å². The van der Waals surface area contributed by atoms with Crippen LogP contribution in [0.3, 0.4) is 0 Å². The van der Waals surface area contributed by atoms with Gasteiger partial charge in [0.2, 0.25) is 0 Å². The molecule has 0 saturated heterocycles. The number of hydrogen-bond acceptors (Lipinski definition) is 0. The largest absolute Gasteiger partial charge is 0.358 e. The maximum atomic E-state index is 4.32. The fraction of sp³-hybridized carbons (Fsp3) is 0.611. The van der Waals surface area contributed by atoms with Gasteiger partial charge in [0.1, 0.15) is 0 Å². The van der Waals surface area contributed by atoms with Crippen LogP contribution in [0.4, 0.5) is 0 Å². The third-order valence-electron chi connectivity index (χ3n) is 2.97. The SMILES string of the molecule is C=PC.C=[PH](C)C[PH](=C)CC.C=[PH](C)C[PH](=C)CP(=C)(C)CC.[CH3-].[W].[W].[W].[W].[Y].[Y].[Y].[Y].[Y].[Y].[Y].[Y].[Y].[Y].[Y].[Y].[Y].[Y].[Y].[Y].[Y].[Y].[Y].[Y]. The minimum atomic E-state index is -0.814. The Hall–Kier alpha value is 26.5. The third kappa shape index (κ3) is 187. The van der Waals surface area contributed by atoms with Crippen LogP contribution in [0.2, 0.25) is 0 Å². The molecule has 30 heteroatoms. The van der Waals surface area contributed by atoms with Crippen molar-refractivity contribution in [2.75, 3.05) is 56.7 Å². The molecule has 0 bridgehead atoms. The van der Waals surface area contributed by atoms with E-state index in [0.29, 0.717) is 0 Å². The molecular weight excluding hydrogens is 2920 g/mol. The molecule has 0 aliphatic rings. The van der Waals surface area contributed by atoms with E-state index in [1.807, 2.05) is 6.66 Å². The topological polar surface area (TPSA) is 0 Å². The van der Waals surface area contributed by atoms with E-state index in [1.165, 1.54) is 38.2 Å². The van der Waals surface area contributed by atoms with Gasteiger partial charge in [-0.15, -0.1) is 76.8 Å². The molecular formula is C18H47P6W4Y20-. The van der Waals surface area contributed by atoms with Crippen LogP contribution in [0.5, 0.6) is 0 Å². The molecule has 0 aromatic heterocycles. The minimum absolute atomic E-state index is 0. The van der Waals surface area contributed by atoms with Crippen molar-refractivity contribution in [3.05, 3.63) is 7.43 Å². The van der Waals surface area contributed by atoms with Crippen molar-refractivity contribution in [2.45, 2.75) is 13.8 Å². The Kier molecular flexibility index (Phi) is 587. The summed E-state index contributed by atoms with van der Waals surface area (Å²) in [6.45, 7) is 12.6. The van der Waals surface area contributed by atoms with Gasteiger partial charge in [-0.05, 0) is 56.7 Å². The monoisotopic (exact) mass is 2960 g/mol. The molecule has 48 heavy (non-hydrogen) atoms. The molecule has 0 aliphatic heterocycles. The summed E-state index contributed by atoms with van der Waals surface area (Å²) in [6.07, 6.45) is 26.9. The van der Waals surface area contributed by atoms with E-state index in [1.54, 1.807) is 0 Å². The fourth-order valence-corrected chi connectivity index (χ4v) is 16.2. The quantitative estimate of drug-likeness (QED) is 0.201. The van der Waals surface area contributed by atoms with Crippen molar-refractivity contribution in [3.8, 4) is 0 Å². The van der Waals surface area contributed by atoms with E-state index in [2.05, 4.69) is 71.6 Å². The normalized spacial score (nSPS) is 8.71. The van der Waals surface area contributed by atoms with Crippen LogP contribution in [0.15, 0.2) is 0 Å². The second-order valence-electron chi connectivity index (χ2n) is 6.53. The van der Waals surface area contributed by atoms with Gasteiger partial charge < -0.3 is 7.43 Å². The van der Waals surface area contributed by atoms with Crippen LogP contribution in [-0.4, -0.2) is 94.5 Å². The van der Waals surface area contributed by atoms with Gasteiger partial charge in [-0.2, -0.15) is 0 Å². The average Bonchev–Trinajstić information content (AvgIpc) is 2.37. The first-order valence-corrected chi connectivity index (χ1v) is 21.5. The Morgan fingerprint density at radius 1 is 0.500 bits per heavy atom. The number of rotatable bonds is 8. The van der Waals surface area contributed by atoms with Gasteiger partial charge in [-0.3, -0.25) is 0 Å². The van der Waals surface area contributed by atoms with Crippen LogP contribution in [-0.2, 0) is 738 Å². The molecule has 0 amide bonds. The molecule has 0 aliphatic carbocycles. The Bertz CT molecular complexity index is 512. The maximum Gasteiger partial charge on any atom is 0 e. The summed E-state index contributed by atoms with van der Waals surface area (Å²) in [7, 11) is 0.129. The summed E-state index contributed by atoms with van der Waals surface area (Å²) in [6, 6.07) is 0. The van der Waals surface area contributed by atoms with Crippen LogP contribution >= 0.6 is 45.3 Å². The second kappa shape index (κ2) is 151. The zero-order valence-corrected chi connectivity index (χ0v) is 105. The van der Waals surface area contributed by atoms with Crippen LogP contribution in [0.1, 0.15) is 13.8 Å². The molecule has 0 nitrogen and oxygen atoms in total. The zero-order chi connectivity index (χ0) is 19.1. The smallest absolute Gasteiger partial charge is 0 e. The summed E-state index contributed by atoms with van der Waals surface area (Å²) >= 11 is 0. The first kappa shape index (κ1) is 186. The van der Waals surface area contributed by atoms with E-state index >= 15 is 0 Å². The molecule has 0 saturated carbocycles. The van der Waals surface area contributed by atoms with Crippen molar-refractivity contribution >= 4 is 83.1 Å². The zero-order valence-electron chi connectivity index (χ0n) is 30.9. The molecule has 0 fully saturated rings. The summed E-state index contributed by atoms with van der Waals surface area (Å²) in [5.41, 5.74) is 0. The first-order chi connectivity index (χ1) is 10.4. The average molecular weight is 2960 g/mol. The number of hydrogen-bond donors (Lipinski definition) is 0. The van der Waals surface area contributed by atoms with Crippen molar-refractivity contribution in [3.63, 3.8) is 0 Å². The molecule has 0 aromatic rings. The predicted molar refractivity (Wildman–Crippen MR) is 156 cm³/mol. The molecule has 0 aromatic carbocycles. The van der Waals surface area contributed by atoms with Crippen LogP contribution < -0.4 is 0 Å². The van der Waals surface area contributed by atoms with Gasteiger partial charge in [0, 0.05) is 738 Å². The van der Waals surface area contributed by atoms with Crippen LogP contribution in [0, 0.1) is 7.43 Å². The van der Waals surface area contributed by atoms with Crippen molar-refractivity contribution in [1.29, 1.82) is 0 Å². The first-order valence-electron chi connectivity index (χ1n) is 8.11. The van der Waals surface area contributed by atoms with Crippen molar-refractivity contribution in [2.24, 2.45) is 0 Å². The summed E-state index contributed by atoms with van der Waals surface area (Å²) in [5, 5.41) is 0. The Labute approximate surface area is 870 Å². The van der Waals surface area contributed by atoms with Gasteiger partial charge in [0.25, 0.3) is 0 Å². The molecule has 0 rings (SSSR count). The van der Waals surface area contributed by atoms with Gasteiger partial charge in [-0.25, -0.2) is 0 Å². The summed E-state index contributed by atoms with van der Waals surface area (Å²) < 4.78 is 0. The van der Waals surface area contributed by atoms with E-state index in [0.717, 1.165) is 0 Å². The standard InChI is InChI=1S/C9H23P3.C6H16P2.C2H5P.CH3.4W.20Y/c1-7-12(5,6)9-11(4)8-10(2)3;1-5-8(4)6-7(2)3;1-3-2;;;;;;;;;;;;;;;;;;;;;;;;;/h10-11H,2,4-5,7-9H2,1,3,6H3;7-8H,2,4-6H2,1,3H3;1H2,2H3;1H3;;;;;;;;;;;;;;;;;;;;;;;;/q;;;-1;;;;;;;;;;;;;;;;;;;;;;;;. The summed E-state index contributed by atoms with van der Waals surface area (Å²) in [4.78, 5) is 0. The van der Waals surface area contributed by atoms with E-state index < -0.39 is 6.89 Å². The maximum absolute atomic E-state index is 4.32. The minimum Gasteiger partial charge on any atom is -0.358 e. The van der Waals surface area contributed by atoms with Gasteiger partial charge >= 0.3 is 0 Å².